The Balaban J connectivity index is 1.40. The minimum absolute atomic E-state index is 0.454. The Labute approximate surface area is 197 Å². The van der Waals surface area contributed by atoms with Crippen molar-refractivity contribution in [3.8, 4) is 22.6 Å². The van der Waals surface area contributed by atoms with Crippen molar-refractivity contribution in [1.29, 1.82) is 0 Å². The van der Waals surface area contributed by atoms with E-state index in [1.807, 2.05) is 54.7 Å². The molecule has 0 atom stereocenters. The normalized spacial score (nSPS) is 10.9. The Morgan fingerprint density at radius 3 is 2.65 bits per heavy atom. The number of H-pyrrole nitrogens is 1. The highest BCUT2D eigenvalue weighted by molar-refractivity contribution is 5.92. The van der Waals surface area contributed by atoms with Crippen LogP contribution in [0.4, 0.5) is 5.82 Å². The molecule has 0 aliphatic carbocycles. The van der Waals surface area contributed by atoms with E-state index in [1.165, 1.54) is 0 Å². The van der Waals surface area contributed by atoms with Gasteiger partial charge in [0.1, 0.15) is 23.1 Å². The molecule has 0 unspecified atom stereocenters. The third-order valence-electron chi connectivity index (χ3n) is 5.42. The zero-order valence-corrected chi connectivity index (χ0v) is 18.7. The minimum atomic E-state index is 0.454. The second-order valence-corrected chi connectivity index (χ2v) is 7.69. The fourth-order valence-electron chi connectivity index (χ4n) is 3.65. The maximum absolute atomic E-state index is 5.90. The van der Waals surface area contributed by atoms with E-state index in [2.05, 4.69) is 26.6 Å². The van der Waals surface area contributed by atoms with Crippen LogP contribution >= 0.6 is 0 Å². The van der Waals surface area contributed by atoms with Crippen molar-refractivity contribution in [2.45, 2.75) is 13.0 Å². The first-order valence-electron chi connectivity index (χ1n) is 11.0. The molecule has 2 N–H and O–H groups in total. The minimum Gasteiger partial charge on any atom is -0.497 e. The quantitative estimate of drug-likeness (QED) is 0.336. The first-order chi connectivity index (χ1) is 16.8. The van der Waals surface area contributed by atoms with E-state index < -0.39 is 0 Å². The second-order valence-electron chi connectivity index (χ2n) is 7.69. The summed E-state index contributed by atoms with van der Waals surface area (Å²) in [6.07, 6.45) is 7.81. The monoisotopic (exact) mass is 452 g/mol. The van der Waals surface area contributed by atoms with Crippen molar-refractivity contribution in [2.24, 2.45) is 0 Å². The molecule has 0 aliphatic heterocycles. The molecule has 8 heteroatoms. The molecule has 0 bridgehead atoms. The number of rotatable bonds is 9. The largest absolute Gasteiger partial charge is 0.497 e. The number of aromatic nitrogens is 5. The Kier molecular flexibility index (Phi) is 6.29. The van der Waals surface area contributed by atoms with Gasteiger partial charge < -0.3 is 14.8 Å². The van der Waals surface area contributed by atoms with Crippen LogP contribution in [0.1, 0.15) is 11.4 Å². The molecule has 5 aromatic rings. The van der Waals surface area contributed by atoms with Crippen molar-refractivity contribution in [3.63, 3.8) is 0 Å². The van der Waals surface area contributed by atoms with Crippen molar-refractivity contribution < 1.29 is 9.47 Å². The maximum Gasteiger partial charge on any atom is 0.137 e. The third kappa shape index (κ3) is 4.96. The van der Waals surface area contributed by atoms with Crippen LogP contribution < -0.4 is 14.8 Å². The molecule has 3 heterocycles. The number of pyridine rings is 1. The number of hydrogen-bond donors (Lipinski definition) is 2. The summed E-state index contributed by atoms with van der Waals surface area (Å²) in [5, 5.41) is 11.4. The standard InChI is InChI=1S/C26H24N6O2/c1-33-21-3-2-4-22(14-21)34-12-9-25-31-24-6-5-19(20-16-29-30-17-20)13-23(24)26(32-25)28-15-18-7-10-27-11-8-18/h2-8,10-11,13-14,16-17H,9,12,15H2,1H3,(H,29,30)(H,28,31,32). The molecular weight excluding hydrogens is 428 g/mol. The van der Waals surface area contributed by atoms with Crippen LogP contribution in [-0.2, 0) is 13.0 Å². The predicted molar refractivity (Wildman–Crippen MR) is 131 cm³/mol. The molecule has 8 nitrogen and oxygen atoms in total. The van der Waals surface area contributed by atoms with E-state index in [0.29, 0.717) is 25.4 Å². The van der Waals surface area contributed by atoms with Crippen molar-refractivity contribution in [2.75, 3.05) is 19.0 Å². The molecule has 0 spiro atoms. The summed E-state index contributed by atoms with van der Waals surface area (Å²) in [5.41, 5.74) is 4.05. The highest BCUT2D eigenvalue weighted by atomic mass is 16.5. The number of methoxy groups -OCH3 is 1. The highest BCUT2D eigenvalue weighted by Gasteiger charge is 2.11. The van der Waals surface area contributed by atoms with E-state index in [9.17, 15) is 0 Å². The molecule has 0 saturated carbocycles. The van der Waals surface area contributed by atoms with Crippen LogP contribution in [0.2, 0.25) is 0 Å². The smallest absolute Gasteiger partial charge is 0.137 e. The predicted octanol–water partition coefficient (Wildman–Crippen LogP) is 4.66. The Morgan fingerprint density at radius 1 is 0.941 bits per heavy atom. The molecule has 0 fully saturated rings. The topological polar surface area (TPSA) is 97.8 Å². The maximum atomic E-state index is 5.90. The molecule has 2 aromatic carbocycles. The van der Waals surface area contributed by atoms with Crippen LogP contribution in [0.15, 0.2) is 79.4 Å². The molecule has 170 valence electrons. The lowest BCUT2D eigenvalue weighted by Gasteiger charge is -2.13. The summed E-state index contributed by atoms with van der Waals surface area (Å²) in [6.45, 7) is 1.08. The number of benzene rings is 2. The lowest BCUT2D eigenvalue weighted by molar-refractivity contribution is 0.316. The second kappa shape index (κ2) is 9.99. The third-order valence-corrected chi connectivity index (χ3v) is 5.42. The van der Waals surface area contributed by atoms with Crippen LogP contribution in [0, 0.1) is 0 Å². The zero-order chi connectivity index (χ0) is 23.2. The summed E-state index contributed by atoms with van der Waals surface area (Å²) >= 11 is 0. The van der Waals surface area contributed by atoms with Gasteiger partial charge in [-0.25, -0.2) is 9.97 Å². The molecule has 3 aromatic heterocycles. The fraction of sp³-hybridized carbons (Fsp3) is 0.154. The molecule has 0 saturated heterocycles. The van der Waals surface area contributed by atoms with Crippen molar-refractivity contribution in [1.82, 2.24) is 25.1 Å². The average Bonchev–Trinajstić information content (AvgIpc) is 3.43. The Morgan fingerprint density at radius 2 is 1.82 bits per heavy atom. The number of anilines is 1. The summed E-state index contributed by atoms with van der Waals surface area (Å²) in [6, 6.07) is 17.7. The van der Waals surface area contributed by atoms with Crippen LogP contribution in [0.25, 0.3) is 22.0 Å². The van der Waals surface area contributed by atoms with Crippen LogP contribution in [-0.4, -0.2) is 38.9 Å². The number of ether oxygens (including phenoxy) is 2. The molecule has 0 amide bonds. The fourth-order valence-corrected chi connectivity index (χ4v) is 3.65. The molecule has 0 aliphatic rings. The molecule has 5 rings (SSSR count). The highest BCUT2D eigenvalue weighted by Crippen LogP contribution is 2.27. The summed E-state index contributed by atoms with van der Waals surface area (Å²) in [5.74, 6) is 3.00. The van der Waals surface area contributed by atoms with Gasteiger partial charge in [-0.05, 0) is 47.5 Å². The SMILES string of the molecule is COc1cccc(OCCc2nc(NCc3ccncc3)c3cc(-c4cn[nH]c4)ccc3n2)c1. The van der Waals surface area contributed by atoms with Gasteiger partial charge in [0, 0.05) is 48.6 Å². The van der Waals surface area contributed by atoms with E-state index in [0.717, 1.165) is 44.9 Å². The van der Waals surface area contributed by atoms with E-state index in [1.54, 1.807) is 25.7 Å². The molecule has 0 radical (unpaired) electrons. The van der Waals surface area contributed by atoms with Crippen LogP contribution in [0.3, 0.4) is 0 Å². The Hall–Kier alpha value is -4.46. The van der Waals surface area contributed by atoms with Crippen LogP contribution in [0.5, 0.6) is 11.5 Å². The van der Waals surface area contributed by atoms with Gasteiger partial charge in [-0.1, -0.05) is 12.1 Å². The van der Waals surface area contributed by atoms with E-state index in [4.69, 9.17) is 19.4 Å². The molecule has 34 heavy (non-hydrogen) atoms. The van der Waals surface area contributed by atoms with Gasteiger partial charge in [-0.3, -0.25) is 10.1 Å². The van der Waals surface area contributed by atoms with Gasteiger partial charge in [0.05, 0.1) is 25.4 Å². The van der Waals surface area contributed by atoms with Gasteiger partial charge in [-0.15, -0.1) is 0 Å². The average molecular weight is 453 g/mol. The number of hydrogen-bond acceptors (Lipinski definition) is 7. The van der Waals surface area contributed by atoms with Gasteiger partial charge in [-0.2, -0.15) is 5.10 Å². The van der Waals surface area contributed by atoms with Gasteiger partial charge in [0.15, 0.2) is 0 Å². The summed E-state index contributed by atoms with van der Waals surface area (Å²) in [7, 11) is 1.64. The number of nitrogens with one attached hydrogen (secondary N) is 2. The lowest BCUT2D eigenvalue weighted by Crippen LogP contribution is -2.09. The molecular formula is C26H24N6O2. The number of fused-ring (bicyclic) bond motifs is 1. The summed E-state index contributed by atoms with van der Waals surface area (Å²) < 4.78 is 11.2. The zero-order valence-electron chi connectivity index (χ0n) is 18.7. The first-order valence-corrected chi connectivity index (χ1v) is 11.0. The number of nitrogens with zero attached hydrogens (tertiary/aromatic N) is 4. The van der Waals surface area contributed by atoms with Crippen molar-refractivity contribution in [3.05, 3.63) is 90.8 Å². The lowest BCUT2D eigenvalue weighted by atomic mass is 10.1. The van der Waals surface area contributed by atoms with Gasteiger partial charge in [0.25, 0.3) is 0 Å². The summed E-state index contributed by atoms with van der Waals surface area (Å²) in [4.78, 5) is 13.7. The van der Waals surface area contributed by atoms with E-state index in [-0.39, 0.29) is 0 Å². The van der Waals surface area contributed by atoms with Gasteiger partial charge in [0.2, 0.25) is 0 Å². The first kappa shape index (κ1) is 21.4. The van der Waals surface area contributed by atoms with Crippen molar-refractivity contribution >= 4 is 16.7 Å². The Bertz CT molecular complexity index is 1370. The number of aromatic amines is 1. The van der Waals surface area contributed by atoms with E-state index >= 15 is 0 Å². The van der Waals surface area contributed by atoms with Gasteiger partial charge >= 0.3 is 0 Å².